The lowest BCUT2D eigenvalue weighted by molar-refractivity contribution is 0.305. The summed E-state index contributed by atoms with van der Waals surface area (Å²) in [4.78, 5) is 27.8. The van der Waals surface area contributed by atoms with Gasteiger partial charge in [0, 0.05) is 36.0 Å². The molecule has 5 aromatic rings. The molecule has 10 heteroatoms. The Morgan fingerprint density at radius 3 is 2.78 bits per heavy atom. The summed E-state index contributed by atoms with van der Waals surface area (Å²) in [5.41, 5.74) is 6.39. The zero-order valence-corrected chi connectivity index (χ0v) is 20.3. The van der Waals surface area contributed by atoms with Crippen LogP contribution >= 0.6 is 0 Å². The number of aryl methyl sites for hydroxylation is 1. The first-order valence-electron chi connectivity index (χ1n) is 12.0. The average molecular weight is 499 g/mol. The first-order valence-corrected chi connectivity index (χ1v) is 12.0. The molecule has 4 heterocycles. The summed E-state index contributed by atoms with van der Waals surface area (Å²) in [5, 5.41) is 3.87. The third-order valence-electron chi connectivity index (χ3n) is 6.48. The van der Waals surface area contributed by atoms with Crippen LogP contribution in [0.1, 0.15) is 54.2 Å². The molecule has 1 aliphatic rings. The van der Waals surface area contributed by atoms with Crippen molar-refractivity contribution in [3.05, 3.63) is 99.1 Å². The molecule has 2 aromatic carbocycles. The van der Waals surface area contributed by atoms with Crippen molar-refractivity contribution in [3.63, 3.8) is 0 Å². The van der Waals surface area contributed by atoms with E-state index in [2.05, 4.69) is 42.6 Å². The molecule has 0 aliphatic carbocycles. The summed E-state index contributed by atoms with van der Waals surface area (Å²) in [7, 11) is 0. The van der Waals surface area contributed by atoms with Crippen molar-refractivity contribution in [1.29, 1.82) is 0 Å². The summed E-state index contributed by atoms with van der Waals surface area (Å²) >= 11 is 0. The molecule has 0 saturated heterocycles. The van der Waals surface area contributed by atoms with Gasteiger partial charge in [-0.05, 0) is 53.8 Å². The summed E-state index contributed by atoms with van der Waals surface area (Å²) in [6.07, 6.45) is 5.09. The summed E-state index contributed by atoms with van der Waals surface area (Å²) in [6, 6.07) is 10.6. The summed E-state index contributed by atoms with van der Waals surface area (Å²) < 4.78 is 27.0. The van der Waals surface area contributed by atoms with Crippen LogP contribution in [0.2, 0.25) is 0 Å². The van der Waals surface area contributed by atoms with Gasteiger partial charge < -0.3 is 9.30 Å². The number of hydrogen-bond acceptors (Lipinski definition) is 7. The van der Waals surface area contributed by atoms with E-state index in [-0.39, 0.29) is 6.61 Å². The van der Waals surface area contributed by atoms with Gasteiger partial charge in [-0.2, -0.15) is 0 Å². The number of hydrogen-bond donors (Lipinski definition) is 1. The number of aromatic nitrogens is 6. The Balaban J connectivity index is 1.48. The quantitative estimate of drug-likeness (QED) is 0.379. The number of H-pyrrole nitrogens is 1. The number of nitrogens with zero attached hydrogens (tertiary/aromatic N) is 5. The Morgan fingerprint density at radius 1 is 1.14 bits per heavy atom. The lowest BCUT2D eigenvalue weighted by atomic mass is 9.89. The maximum absolute atomic E-state index is 14.1. The molecule has 0 atom stereocenters. The number of allylic oxidation sites excluding steroid dienone is 1. The number of fused-ring (bicyclic) bond motifs is 3. The van der Waals surface area contributed by atoms with Gasteiger partial charge in [-0.15, -0.1) is 0 Å². The molecule has 1 aliphatic heterocycles. The van der Waals surface area contributed by atoms with Crippen LogP contribution in [0.15, 0.2) is 58.1 Å². The van der Waals surface area contributed by atoms with Crippen molar-refractivity contribution in [2.24, 2.45) is 0 Å². The van der Waals surface area contributed by atoms with E-state index in [1.54, 1.807) is 18.5 Å². The second kappa shape index (κ2) is 9.12. The fourth-order valence-electron chi connectivity index (χ4n) is 4.81. The van der Waals surface area contributed by atoms with Crippen molar-refractivity contribution >= 4 is 22.4 Å². The summed E-state index contributed by atoms with van der Waals surface area (Å²) in [6.45, 7) is 4.77. The number of benzene rings is 2. The molecule has 0 spiro atoms. The molecule has 1 N–H and O–H groups in total. The molecule has 3 aromatic heterocycles. The Hall–Kier alpha value is -4.60. The lowest BCUT2D eigenvalue weighted by Crippen LogP contribution is -2.07. The Bertz CT molecular complexity index is 1730. The monoisotopic (exact) mass is 498 g/mol. The highest BCUT2D eigenvalue weighted by Gasteiger charge is 2.24. The van der Waals surface area contributed by atoms with Crippen molar-refractivity contribution in [2.45, 2.75) is 39.8 Å². The maximum Gasteiger partial charge on any atom is 0.439 e. The SMILES string of the molecule is CCCc1nc2nccnc2n1Cc1ccc2c(c1)COc1cc(F)ccc1C2=C(C)c1noc(=O)[nH]1. The van der Waals surface area contributed by atoms with Crippen LogP contribution < -0.4 is 10.5 Å². The van der Waals surface area contributed by atoms with Crippen molar-refractivity contribution in [2.75, 3.05) is 0 Å². The third kappa shape index (κ3) is 4.10. The first-order chi connectivity index (χ1) is 18.0. The molecule has 0 saturated carbocycles. The molecule has 0 radical (unpaired) electrons. The standard InChI is InChI=1S/C27H23FN6O3/c1-3-4-22-31-25-26(30-10-9-29-25)34(22)13-16-5-7-19-17(11-16)14-36-21-12-18(28)6-8-20(21)23(19)15(2)24-32-27(35)37-33-24/h5-12H,3-4,13-14H2,1-2H3,(H,32,33,35). The van der Waals surface area contributed by atoms with Crippen molar-refractivity contribution in [3.8, 4) is 5.75 Å². The van der Waals surface area contributed by atoms with E-state index in [1.807, 2.05) is 19.1 Å². The van der Waals surface area contributed by atoms with Crippen LogP contribution in [0.25, 0.3) is 22.4 Å². The van der Waals surface area contributed by atoms with Crippen LogP contribution in [0.4, 0.5) is 4.39 Å². The maximum atomic E-state index is 14.1. The van der Waals surface area contributed by atoms with Crippen LogP contribution in [0.5, 0.6) is 5.75 Å². The zero-order chi connectivity index (χ0) is 25.5. The van der Waals surface area contributed by atoms with Crippen molar-refractivity contribution in [1.82, 2.24) is 29.7 Å². The molecule has 0 unspecified atom stereocenters. The number of rotatable bonds is 5. The second-order valence-corrected chi connectivity index (χ2v) is 8.93. The smallest absolute Gasteiger partial charge is 0.439 e. The fourth-order valence-corrected chi connectivity index (χ4v) is 4.81. The van der Waals surface area contributed by atoms with Gasteiger partial charge in [0.2, 0.25) is 0 Å². The van der Waals surface area contributed by atoms with Gasteiger partial charge in [0.05, 0.1) is 6.54 Å². The van der Waals surface area contributed by atoms with Gasteiger partial charge >= 0.3 is 5.76 Å². The number of ether oxygens (including phenoxy) is 1. The molecule has 6 rings (SSSR count). The first kappa shape index (κ1) is 22.8. The van der Waals surface area contributed by atoms with Gasteiger partial charge in [0.1, 0.15) is 24.0 Å². The van der Waals surface area contributed by atoms with Gasteiger partial charge in [-0.25, -0.2) is 24.1 Å². The topological polar surface area (TPSA) is 112 Å². The highest BCUT2D eigenvalue weighted by Crippen LogP contribution is 2.41. The highest BCUT2D eigenvalue weighted by molar-refractivity contribution is 5.99. The second-order valence-electron chi connectivity index (χ2n) is 8.93. The van der Waals surface area contributed by atoms with E-state index in [1.165, 1.54) is 12.1 Å². The lowest BCUT2D eigenvalue weighted by Gasteiger charge is -2.15. The molecule has 37 heavy (non-hydrogen) atoms. The zero-order valence-electron chi connectivity index (χ0n) is 20.3. The number of imidazole rings is 1. The Morgan fingerprint density at radius 2 is 1.97 bits per heavy atom. The molecule has 0 amide bonds. The molecule has 9 nitrogen and oxygen atoms in total. The van der Waals surface area contributed by atoms with E-state index in [4.69, 9.17) is 9.26 Å². The van der Waals surface area contributed by atoms with Crippen LogP contribution in [0.3, 0.4) is 0 Å². The minimum Gasteiger partial charge on any atom is -0.488 e. The van der Waals surface area contributed by atoms with Crippen LogP contribution in [0, 0.1) is 5.82 Å². The largest absolute Gasteiger partial charge is 0.488 e. The highest BCUT2D eigenvalue weighted by atomic mass is 19.1. The van der Waals surface area contributed by atoms with E-state index in [0.717, 1.165) is 46.6 Å². The van der Waals surface area contributed by atoms with E-state index in [9.17, 15) is 9.18 Å². The van der Waals surface area contributed by atoms with Crippen molar-refractivity contribution < 1.29 is 13.7 Å². The molecule has 0 fully saturated rings. The van der Waals surface area contributed by atoms with E-state index >= 15 is 0 Å². The average Bonchev–Trinajstić information content (AvgIpc) is 3.44. The Labute approximate surface area is 210 Å². The third-order valence-corrected chi connectivity index (χ3v) is 6.48. The van der Waals surface area contributed by atoms with Gasteiger partial charge in [-0.3, -0.25) is 9.51 Å². The van der Waals surface area contributed by atoms with Gasteiger partial charge in [0.25, 0.3) is 0 Å². The van der Waals surface area contributed by atoms with Crippen LogP contribution in [-0.2, 0) is 19.6 Å². The number of aromatic amines is 1. The number of nitrogens with one attached hydrogen (secondary N) is 1. The van der Waals surface area contributed by atoms with E-state index in [0.29, 0.717) is 34.9 Å². The minimum absolute atomic E-state index is 0.248. The molecular weight excluding hydrogens is 475 g/mol. The van der Waals surface area contributed by atoms with Crippen LogP contribution in [-0.4, -0.2) is 29.7 Å². The normalized spacial score (nSPS) is 14.1. The van der Waals surface area contributed by atoms with Gasteiger partial charge in [-0.1, -0.05) is 24.2 Å². The molecule has 0 bridgehead atoms. The fraction of sp³-hybridized carbons (Fsp3) is 0.222. The minimum atomic E-state index is -0.645. The van der Waals surface area contributed by atoms with E-state index < -0.39 is 11.6 Å². The number of halogens is 1. The molecular formula is C27H23FN6O3. The van der Waals surface area contributed by atoms with Gasteiger partial charge in [0.15, 0.2) is 17.1 Å². The molecule has 186 valence electrons. The predicted octanol–water partition coefficient (Wildman–Crippen LogP) is 4.51. The summed E-state index contributed by atoms with van der Waals surface area (Å²) in [5.74, 6) is 0.616. The Kier molecular flexibility index (Phi) is 5.63. The predicted molar refractivity (Wildman–Crippen MR) is 134 cm³/mol.